The molecule has 0 spiro atoms. The first kappa shape index (κ1) is 20.1. The van der Waals surface area contributed by atoms with Gasteiger partial charge in [0.2, 0.25) is 0 Å². The van der Waals surface area contributed by atoms with Gasteiger partial charge in [0.1, 0.15) is 0 Å². The summed E-state index contributed by atoms with van der Waals surface area (Å²) in [6.07, 6.45) is 17.9. The van der Waals surface area contributed by atoms with E-state index in [1.807, 2.05) is 12.3 Å². The van der Waals surface area contributed by atoms with Crippen molar-refractivity contribution in [2.24, 2.45) is 5.73 Å². The predicted molar refractivity (Wildman–Crippen MR) is 85.3 cm³/mol. The van der Waals surface area contributed by atoms with E-state index in [2.05, 4.69) is 12.2 Å². The van der Waals surface area contributed by atoms with Gasteiger partial charge in [0, 0.05) is 13.1 Å². The topological polar surface area (TPSA) is 38.0 Å². The van der Waals surface area contributed by atoms with Crippen LogP contribution in [0.1, 0.15) is 71.1 Å². The molecule has 0 aliphatic heterocycles. The van der Waals surface area contributed by atoms with Gasteiger partial charge < -0.3 is 11.1 Å². The highest BCUT2D eigenvalue weighted by molar-refractivity contribution is 5.85. The van der Waals surface area contributed by atoms with Crippen molar-refractivity contribution in [2.45, 2.75) is 71.1 Å². The van der Waals surface area contributed by atoms with Crippen LogP contribution in [0.25, 0.3) is 0 Å². The van der Waals surface area contributed by atoms with Crippen molar-refractivity contribution in [3.05, 3.63) is 12.3 Å². The van der Waals surface area contributed by atoms with Crippen LogP contribution in [0, 0.1) is 0 Å². The Morgan fingerprint density at radius 1 is 0.833 bits per heavy atom. The summed E-state index contributed by atoms with van der Waals surface area (Å²) in [4.78, 5) is 0. The van der Waals surface area contributed by atoms with Gasteiger partial charge >= 0.3 is 0 Å². The zero-order valence-electron chi connectivity index (χ0n) is 12.1. The Bertz CT molecular complexity index is 161. The molecule has 0 aromatic heterocycles. The molecule has 0 radical (unpaired) electrons. The number of nitrogens with one attached hydrogen (secondary N) is 1. The van der Waals surface area contributed by atoms with E-state index in [9.17, 15) is 0 Å². The van der Waals surface area contributed by atoms with E-state index in [4.69, 9.17) is 5.73 Å². The number of unbranched alkanes of at least 4 members (excludes halogenated alkanes) is 9. The largest absolute Gasteiger partial charge is 0.391 e. The second-order valence-electron chi connectivity index (χ2n) is 4.77. The lowest BCUT2D eigenvalue weighted by atomic mass is 10.1. The van der Waals surface area contributed by atoms with Crippen LogP contribution in [0.4, 0.5) is 0 Å². The van der Waals surface area contributed by atoms with E-state index < -0.39 is 0 Å². The molecule has 3 heteroatoms. The van der Waals surface area contributed by atoms with Gasteiger partial charge in [0.15, 0.2) is 0 Å². The molecule has 0 saturated heterocycles. The molecule has 0 aromatic carbocycles. The Balaban J connectivity index is 0. The van der Waals surface area contributed by atoms with Crippen LogP contribution in [0.2, 0.25) is 0 Å². The summed E-state index contributed by atoms with van der Waals surface area (Å²) >= 11 is 0. The highest BCUT2D eigenvalue weighted by atomic mass is 35.5. The number of nitrogens with two attached hydrogens (primary N) is 1. The molecule has 3 N–H and O–H groups in total. The zero-order valence-corrected chi connectivity index (χ0v) is 12.9. The van der Waals surface area contributed by atoms with Gasteiger partial charge in [-0.2, -0.15) is 0 Å². The van der Waals surface area contributed by atoms with Crippen molar-refractivity contribution in [1.29, 1.82) is 0 Å². The van der Waals surface area contributed by atoms with Crippen molar-refractivity contribution in [3.63, 3.8) is 0 Å². The molecule has 0 saturated carbocycles. The summed E-state index contributed by atoms with van der Waals surface area (Å²) in [5.41, 5.74) is 5.34. The lowest BCUT2D eigenvalue weighted by Gasteiger charge is -2.02. The quantitative estimate of drug-likeness (QED) is 0.490. The molecule has 0 unspecified atom stereocenters. The minimum absolute atomic E-state index is 0. The third-order valence-corrected chi connectivity index (χ3v) is 3.05. The van der Waals surface area contributed by atoms with Crippen LogP contribution in [-0.2, 0) is 0 Å². The number of halogens is 1. The summed E-state index contributed by atoms with van der Waals surface area (Å²) in [5, 5.41) is 3.25. The molecule has 0 rings (SSSR count). The Morgan fingerprint density at radius 3 is 1.83 bits per heavy atom. The molecule has 0 fully saturated rings. The first-order chi connectivity index (χ1) is 8.41. The summed E-state index contributed by atoms with van der Waals surface area (Å²) in [5.74, 6) is 0. The van der Waals surface area contributed by atoms with E-state index in [1.165, 1.54) is 64.2 Å². The third-order valence-electron chi connectivity index (χ3n) is 3.05. The number of hydrogen-bond acceptors (Lipinski definition) is 2. The van der Waals surface area contributed by atoms with Crippen LogP contribution < -0.4 is 11.1 Å². The molecular weight excluding hydrogens is 244 g/mol. The zero-order chi connectivity index (χ0) is 12.6. The van der Waals surface area contributed by atoms with Crippen molar-refractivity contribution < 1.29 is 0 Å². The van der Waals surface area contributed by atoms with Gasteiger partial charge in [0.05, 0.1) is 0 Å². The fourth-order valence-electron chi connectivity index (χ4n) is 1.95. The Labute approximate surface area is 120 Å². The minimum atomic E-state index is 0. The van der Waals surface area contributed by atoms with E-state index in [0.717, 1.165) is 6.54 Å². The van der Waals surface area contributed by atoms with Gasteiger partial charge in [0.25, 0.3) is 0 Å². The fourth-order valence-corrected chi connectivity index (χ4v) is 1.95. The van der Waals surface area contributed by atoms with Crippen LogP contribution in [0.5, 0.6) is 0 Å². The molecule has 110 valence electrons. The van der Waals surface area contributed by atoms with Crippen LogP contribution in [0.15, 0.2) is 12.3 Å². The second kappa shape index (κ2) is 19.1. The average Bonchev–Trinajstić information content (AvgIpc) is 2.35. The average molecular weight is 277 g/mol. The predicted octanol–water partition coefficient (Wildman–Crippen LogP) is 4.39. The smallest absolute Gasteiger partial charge is 0.0141 e. The van der Waals surface area contributed by atoms with Crippen molar-refractivity contribution in [1.82, 2.24) is 5.32 Å². The van der Waals surface area contributed by atoms with Crippen molar-refractivity contribution in [2.75, 3.05) is 13.1 Å². The molecule has 0 aromatic rings. The summed E-state index contributed by atoms with van der Waals surface area (Å²) in [7, 11) is 0. The fraction of sp³-hybridized carbons (Fsp3) is 0.867. The van der Waals surface area contributed by atoms with Crippen LogP contribution >= 0.6 is 12.4 Å². The normalized spacial score (nSPS) is 10.6. The number of hydrogen-bond donors (Lipinski definition) is 2. The first-order valence-electron chi connectivity index (χ1n) is 7.50. The molecule has 0 heterocycles. The maximum absolute atomic E-state index is 5.34. The van der Waals surface area contributed by atoms with Gasteiger partial charge in [-0.15, -0.1) is 12.4 Å². The highest BCUT2D eigenvalue weighted by Crippen LogP contribution is 2.10. The molecular formula is C15H33ClN2. The van der Waals surface area contributed by atoms with Gasteiger partial charge in [-0.3, -0.25) is 0 Å². The Hall–Kier alpha value is -0.210. The maximum Gasteiger partial charge on any atom is 0.0141 e. The molecule has 0 aliphatic carbocycles. The molecule has 2 nitrogen and oxygen atoms in total. The third kappa shape index (κ3) is 18.2. The van der Waals surface area contributed by atoms with E-state index >= 15 is 0 Å². The standard InChI is InChI=1S/C15H32N2.ClH/c1-2-3-4-5-6-7-8-9-10-11-14-17-15-12-13-16;/h12,15,17H,2-11,13-14,16H2,1H3;1H. The summed E-state index contributed by atoms with van der Waals surface area (Å²) in [6.45, 7) is 3.99. The lowest BCUT2D eigenvalue weighted by molar-refractivity contribution is 0.553. The lowest BCUT2D eigenvalue weighted by Crippen LogP contribution is -2.07. The molecule has 0 aliphatic rings. The molecule has 18 heavy (non-hydrogen) atoms. The van der Waals surface area contributed by atoms with Gasteiger partial charge in [-0.05, 0) is 12.6 Å². The summed E-state index contributed by atoms with van der Waals surface area (Å²) < 4.78 is 0. The van der Waals surface area contributed by atoms with Crippen LogP contribution in [-0.4, -0.2) is 13.1 Å². The maximum atomic E-state index is 5.34. The van der Waals surface area contributed by atoms with E-state index in [-0.39, 0.29) is 12.4 Å². The van der Waals surface area contributed by atoms with Gasteiger partial charge in [-0.1, -0.05) is 70.8 Å². The monoisotopic (exact) mass is 276 g/mol. The minimum Gasteiger partial charge on any atom is -0.391 e. The van der Waals surface area contributed by atoms with Crippen LogP contribution in [0.3, 0.4) is 0 Å². The first-order valence-corrected chi connectivity index (χ1v) is 7.50. The Morgan fingerprint density at radius 2 is 1.33 bits per heavy atom. The molecule has 0 atom stereocenters. The van der Waals surface area contributed by atoms with Crippen molar-refractivity contribution >= 4 is 12.4 Å². The number of rotatable bonds is 13. The molecule has 0 amide bonds. The summed E-state index contributed by atoms with van der Waals surface area (Å²) in [6, 6.07) is 0. The SMILES string of the molecule is CCCCCCCCCCCCNC=CCN.Cl. The second-order valence-corrected chi connectivity index (χ2v) is 4.77. The van der Waals surface area contributed by atoms with Crippen molar-refractivity contribution in [3.8, 4) is 0 Å². The Kier molecular flexibility index (Phi) is 21.4. The van der Waals surface area contributed by atoms with Gasteiger partial charge in [-0.25, -0.2) is 0 Å². The molecule has 0 bridgehead atoms. The van der Waals surface area contributed by atoms with E-state index in [0.29, 0.717) is 6.54 Å². The highest BCUT2D eigenvalue weighted by Gasteiger charge is 1.91. The van der Waals surface area contributed by atoms with E-state index in [1.54, 1.807) is 0 Å².